The summed E-state index contributed by atoms with van der Waals surface area (Å²) in [6.45, 7) is -0.825. The van der Waals surface area contributed by atoms with Crippen LogP contribution in [0.5, 0.6) is 0 Å². The molecule has 1 unspecified atom stereocenters. The standard InChI is InChI=1S/C7H12F6O4Si/c1-14-4-17-18(15-2,16-3)7(12,13)5(8)6(9,10)11/h5H,4H2,1-3H3. The summed E-state index contributed by atoms with van der Waals surface area (Å²) >= 11 is 0. The minimum absolute atomic E-state index is 0.641. The van der Waals surface area contributed by atoms with Gasteiger partial charge < -0.3 is 18.0 Å². The van der Waals surface area contributed by atoms with Crippen molar-refractivity contribution in [1.82, 2.24) is 0 Å². The minimum atomic E-state index is -5.77. The number of rotatable bonds is 7. The Labute approximate surface area is 100 Å². The van der Waals surface area contributed by atoms with Crippen LogP contribution < -0.4 is 0 Å². The normalized spacial score (nSPS) is 15.8. The molecule has 0 radical (unpaired) electrons. The second-order valence-corrected chi connectivity index (χ2v) is 5.93. The van der Waals surface area contributed by atoms with Crippen molar-refractivity contribution in [2.24, 2.45) is 0 Å². The molecule has 1 atom stereocenters. The Morgan fingerprint density at radius 1 is 1.00 bits per heavy atom. The van der Waals surface area contributed by atoms with E-state index < -0.39 is 33.5 Å². The molecule has 0 N–H and O–H groups in total. The first kappa shape index (κ1) is 17.6. The van der Waals surface area contributed by atoms with E-state index in [0.29, 0.717) is 14.2 Å². The van der Waals surface area contributed by atoms with E-state index in [9.17, 15) is 26.3 Å². The second kappa shape index (κ2) is 6.19. The number of hydrogen-bond donors (Lipinski definition) is 0. The first-order chi connectivity index (χ1) is 8.09. The molecule has 4 nitrogen and oxygen atoms in total. The van der Waals surface area contributed by atoms with Crippen LogP contribution in [0, 0.1) is 0 Å². The monoisotopic (exact) mass is 302 g/mol. The summed E-state index contributed by atoms with van der Waals surface area (Å²) < 4.78 is 93.0. The van der Waals surface area contributed by atoms with Crippen molar-refractivity contribution in [3.63, 3.8) is 0 Å². The number of methoxy groups -OCH3 is 1. The molecular formula is C7H12F6O4Si. The van der Waals surface area contributed by atoms with Gasteiger partial charge in [0.25, 0.3) is 6.17 Å². The van der Waals surface area contributed by atoms with Crippen molar-refractivity contribution >= 4 is 8.80 Å². The zero-order chi connectivity index (χ0) is 14.6. The van der Waals surface area contributed by atoms with Crippen molar-refractivity contribution in [2.75, 3.05) is 28.1 Å². The lowest BCUT2D eigenvalue weighted by molar-refractivity contribution is -0.239. The third kappa shape index (κ3) is 3.35. The van der Waals surface area contributed by atoms with Crippen LogP contribution in [0.2, 0.25) is 0 Å². The van der Waals surface area contributed by atoms with E-state index >= 15 is 0 Å². The van der Waals surface area contributed by atoms with Crippen LogP contribution in [0.15, 0.2) is 0 Å². The predicted molar refractivity (Wildman–Crippen MR) is 48.6 cm³/mol. The highest BCUT2D eigenvalue weighted by Crippen LogP contribution is 2.41. The van der Waals surface area contributed by atoms with Crippen LogP contribution in [0.3, 0.4) is 0 Å². The van der Waals surface area contributed by atoms with Crippen LogP contribution in [-0.4, -0.2) is 54.8 Å². The molecule has 0 aliphatic heterocycles. The Kier molecular flexibility index (Phi) is 6.06. The molecule has 0 fully saturated rings. The molecular weight excluding hydrogens is 290 g/mol. The Balaban J connectivity index is 5.31. The molecule has 0 saturated heterocycles. The Hall–Kier alpha value is -0.363. The fourth-order valence-electron chi connectivity index (χ4n) is 1.07. The Morgan fingerprint density at radius 2 is 1.44 bits per heavy atom. The molecule has 0 bridgehead atoms. The van der Waals surface area contributed by atoms with Gasteiger partial charge in [-0.25, -0.2) is 4.39 Å². The Morgan fingerprint density at radius 3 is 1.72 bits per heavy atom. The van der Waals surface area contributed by atoms with Gasteiger partial charge in [0.2, 0.25) is 0 Å². The molecule has 0 amide bonds. The van der Waals surface area contributed by atoms with Crippen LogP contribution in [0.4, 0.5) is 26.3 Å². The van der Waals surface area contributed by atoms with Gasteiger partial charge in [-0.2, -0.15) is 22.0 Å². The van der Waals surface area contributed by atoms with Gasteiger partial charge in [-0.3, -0.25) is 0 Å². The van der Waals surface area contributed by atoms with Crippen molar-refractivity contribution in [3.8, 4) is 0 Å². The van der Waals surface area contributed by atoms with Gasteiger partial charge >= 0.3 is 20.5 Å². The highest BCUT2D eigenvalue weighted by Gasteiger charge is 2.74. The van der Waals surface area contributed by atoms with Gasteiger partial charge in [-0.05, 0) is 0 Å². The highest BCUT2D eigenvalue weighted by molar-refractivity contribution is 6.63. The number of halogens is 6. The SMILES string of the molecule is COCO[Si](OC)(OC)C(F)(F)C(F)C(F)(F)F. The molecule has 0 aromatic heterocycles. The fourth-order valence-corrected chi connectivity index (χ4v) is 2.95. The van der Waals surface area contributed by atoms with E-state index in [0.717, 1.165) is 7.11 Å². The van der Waals surface area contributed by atoms with Crippen molar-refractivity contribution in [3.05, 3.63) is 0 Å². The topological polar surface area (TPSA) is 36.9 Å². The summed E-state index contributed by atoms with van der Waals surface area (Å²) in [4.78, 5) is 0. The van der Waals surface area contributed by atoms with Gasteiger partial charge in [0, 0.05) is 21.3 Å². The molecule has 0 aliphatic carbocycles. The first-order valence-corrected chi connectivity index (χ1v) is 6.13. The maximum absolute atomic E-state index is 13.5. The summed E-state index contributed by atoms with van der Waals surface area (Å²) in [5.74, 6) is 0. The quantitative estimate of drug-likeness (QED) is 0.409. The van der Waals surface area contributed by atoms with E-state index in [1.54, 1.807) is 0 Å². The summed E-state index contributed by atoms with van der Waals surface area (Å²) in [7, 11) is -2.89. The third-order valence-corrected chi connectivity index (χ3v) is 4.56. The van der Waals surface area contributed by atoms with E-state index in [1.807, 2.05) is 0 Å². The van der Waals surface area contributed by atoms with E-state index in [4.69, 9.17) is 0 Å². The minimum Gasteiger partial charge on any atom is -0.373 e. The molecule has 18 heavy (non-hydrogen) atoms. The lowest BCUT2D eigenvalue weighted by Gasteiger charge is -2.34. The van der Waals surface area contributed by atoms with E-state index in [1.165, 1.54) is 0 Å². The van der Waals surface area contributed by atoms with Crippen LogP contribution in [-0.2, 0) is 18.0 Å². The average molecular weight is 302 g/mol. The molecule has 0 heterocycles. The molecule has 11 heteroatoms. The maximum atomic E-state index is 13.5. The van der Waals surface area contributed by atoms with Crippen LogP contribution in [0.25, 0.3) is 0 Å². The molecule has 0 aliphatic rings. The van der Waals surface area contributed by atoms with Gasteiger partial charge in [0.1, 0.15) is 6.79 Å². The largest absolute Gasteiger partial charge is 0.579 e. The first-order valence-electron chi connectivity index (χ1n) is 4.40. The van der Waals surface area contributed by atoms with Gasteiger partial charge in [-0.15, -0.1) is 0 Å². The molecule has 110 valence electrons. The van der Waals surface area contributed by atoms with Gasteiger partial charge in [0.15, 0.2) is 0 Å². The smallest absolute Gasteiger partial charge is 0.373 e. The fraction of sp³-hybridized carbons (Fsp3) is 1.00. The zero-order valence-corrected chi connectivity index (χ0v) is 10.7. The number of alkyl halides is 6. The van der Waals surface area contributed by atoms with Crippen molar-refractivity contribution < 1.29 is 44.4 Å². The molecule has 0 rings (SSSR count). The third-order valence-electron chi connectivity index (χ3n) is 1.92. The number of hydrogen-bond acceptors (Lipinski definition) is 4. The molecule has 0 spiro atoms. The highest BCUT2D eigenvalue weighted by atomic mass is 28.4. The van der Waals surface area contributed by atoms with Crippen molar-refractivity contribution in [2.45, 2.75) is 17.9 Å². The van der Waals surface area contributed by atoms with Crippen LogP contribution in [0.1, 0.15) is 0 Å². The van der Waals surface area contributed by atoms with E-state index in [2.05, 4.69) is 18.0 Å². The zero-order valence-electron chi connectivity index (χ0n) is 9.69. The maximum Gasteiger partial charge on any atom is 0.579 e. The second-order valence-electron chi connectivity index (χ2n) is 3.04. The predicted octanol–water partition coefficient (Wildman–Crippen LogP) is 1.91. The molecule has 0 saturated carbocycles. The van der Waals surface area contributed by atoms with Gasteiger partial charge in [0.05, 0.1) is 0 Å². The number of ether oxygens (including phenoxy) is 1. The van der Waals surface area contributed by atoms with Crippen molar-refractivity contribution in [1.29, 1.82) is 0 Å². The summed E-state index contributed by atoms with van der Waals surface area (Å²) in [6, 6.07) is 0. The molecule has 0 aromatic carbocycles. The summed E-state index contributed by atoms with van der Waals surface area (Å²) in [5.41, 5.74) is -4.99. The lowest BCUT2D eigenvalue weighted by atomic mass is 10.4. The molecule has 0 aromatic rings. The summed E-state index contributed by atoms with van der Waals surface area (Å²) in [6.07, 6.45) is -10.2. The lowest BCUT2D eigenvalue weighted by Crippen LogP contribution is -2.66. The summed E-state index contributed by atoms with van der Waals surface area (Å²) in [5, 5.41) is 0. The van der Waals surface area contributed by atoms with E-state index in [-0.39, 0.29) is 0 Å². The Bertz CT molecular complexity index is 257. The van der Waals surface area contributed by atoms with Gasteiger partial charge in [-0.1, -0.05) is 0 Å². The van der Waals surface area contributed by atoms with Crippen LogP contribution >= 0.6 is 0 Å². The average Bonchev–Trinajstić information content (AvgIpc) is 2.28.